The highest BCUT2D eigenvalue weighted by molar-refractivity contribution is 4.93. The third-order valence-corrected chi connectivity index (χ3v) is 4.49. The number of nitrogens with zero attached hydrogens (tertiary/aromatic N) is 1. The Morgan fingerprint density at radius 2 is 1.54 bits per heavy atom. The van der Waals surface area contributed by atoms with Gasteiger partial charge < -0.3 is 0 Å². The van der Waals surface area contributed by atoms with Crippen molar-refractivity contribution in [1.29, 1.82) is 0 Å². The molecule has 2 unspecified atom stereocenters. The van der Waals surface area contributed by atoms with E-state index in [1.165, 1.54) is 57.9 Å². The molecule has 1 aliphatic heterocycles. The fourth-order valence-corrected chi connectivity index (χ4v) is 3.86. The van der Waals surface area contributed by atoms with Crippen molar-refractivity contribution in [3.63, 3.8) is 0 Å². The van der Waals surface area contributed by atoms with Crippen LogP contribution < -0.4 is 0 Å². The fraction of sp³-hybridized carbons (Fsp3) is 1.00. The molecule has 0 aromatic rings. The molecule has 0 radical (unpaired) electrons. The first-order chi connectivity index (χ1) is 6.43. The van der Waals surface area contributed by atoms with Gasteiger partial charge in [0.1, 0.15) is 0 Å². The first-order valence-corrected chi connectivity index (χ1v) is 6.19. The summed E-state index contributed by atoms with van der Waals surface area (Å²) in [6.07, 6.45) is 12.1. The van der Waals surface area contributed by atoms with Crippen molar-refractivity contribution in [2.75, 3.05) is 6.54 Å². The van der Waals surface area contributed by atoms with Crippen LogP contribution in [-0.2, 0) is 0 Å². The van der Waals surface area contributed by atoms with E-state index in [1.54, 1.807) is 0 Å². The van der Waals surface area contributed by atoms with E-state index in [0.29, 0.717) is 0 Å². The predicted octanol–water partition coefficient (Wildman–Crippen LogP) is 2.80. The minimum atomic E-state index is 0.994. The molecule has 0 amide bonds. The van der Waals surface area contributed by atoms with Crippen molar-refractivity contribution >= 4 is 0 Å². The summed E-state index contributed by atoms with van der Waals surface area (Å²) in [6.45, 7) is 1.45. The van der Waals surface area contributed by atoms with Crippen molar-refractivity contribution in [2.45, 2.75) is 63.5 Å². The molecule has 3 rings (SSSR count). The fourth-order valence-electron chi connectivity index (χ4n) is 3.86. The van der Waals surface area contributed by atoms with Gasteiger partial charge in [0.25, 0.3) is 0 Å². The van der Waals surface area contributed by atoms with Crippen molar-refractivity contribution in [2.24, 2.45) is 5.92 Å². The molecular weight excluding hydrogens is 158 g/mol. The van der Waals surface area contributed by atoms with Crippen LogP contribution in [0.5, 0.6) is 0 Å². The minimum Gasteiger partial charge on any atom is -0.297 e. The van der Waals surface area contributed by atoms with E-state index < -0.39 is 0 Å². The molecule has 1 nitrogen and oxygen atoms in total. The Labute approximate surface area is 81.5 Å². The molecule has 3 aliphatic rings. The van der Waals surface area contributed by atoms with Gasteiger partial charge in [-0.1, -0.05) is 19.3 Å². The summed E-state index contributed by atoms with van der Waals surface area (Å²) in [6, 6.07) is 2.00. The summed E-state index contributed by atoms with van der Waals surface area (Å²) in [4.78, 5) is 2.88. The summed E-state index contributed by atoms with van der Waals surface area (Å²) in [7, 11) is 0. The smallest absolute Gasteiger partial charge is 0.0101 e. The van der Waals surface area contributed by atoms with E-state index >= 15 is 0 Å². The molecule has 1 heteroatoms. The van der Waals surface area contributed by atoms with Gasteiger partial charge in [-0.3, -0.25) is 4.90 Å². The third-order valence-electron chi connectivity index (χ3n) is 4.49. The van der Waals surface area contributed by atoms with E-state index in [1.807, 2.05) is 0 Å². The standard InChI is InChI=1S/C12H21N/c1-2-6-11(5-1)13-9-10-4-3-7-12(13)8-10/h10-12H,1-9H2. The number of hydrogen-bond donors (Lipinski definition) is 0. The van der Waals surface area contributed by atoms with Gasteiger partial charge in [-0.05, 0) is 38.0 Å². The lowest BCUT2D eigenvalue weighted by molar-refractivity contribution is 0.177. The van der Waals surface area contributed by atoms with Crippen molar-refractivity contribution in [1.82, 2.24) is 4.90 Å². The Bertz CT molecular complexity index is 182. The molecule has 74 valence electrons. The molecule has 0 aromatic carbocycles. The van der Waals surface area contributed by atoms with Gasteiger partial charge in [0.2, 0.25) is 0 Å². The second kappa shape index (κ2) is 3.27. The molecular formula is C12H21N. The maximum Gasteiger partial charge on any atom is 0.0101 e. The van der Waals surface area contributed by atoms with E-state index in [4.69, 9.17) is 0 Å². The average molecular weight is 179 g/mol. The molecule has 2 saturated carbocycles. The molecule has 1 heterocycles. The number of likely N-dealkylation sites (tertiary alicyclic amines) is 1. The highest BCUT2D eigenvalue weighted by atomic mass is 15.2. The van der Waals surface area contributed by atoms with E-state index in [0.717, 1.165) is 18.0 Å². The Morgan fingerprint density at radius 3 is 2.31 bits per heavy atom. The first kappa shape index (κ1) is 8.28. The summed E-state index contributed by atoms with van der Waals surface area (Å²) in [5.41, 5.74) is 0. The molecule has 0 aromatic heterocycles. The lowest BCUT2D eigenvalue weighted by Gasteiger charge is -2.30. The third kappa shape index (κ3) is 1.41. The molecule has 0 N–H and O–H groups in total. The van der Waals surface area contributed by atoms with Crippen LogP contribution in [-0.4, -0.2) is 23.5 Å². The average Bonchev–Trinajstić information content (AvgIpc) is 2.74. The normalized spacial score (nSPS) is 41.5. The number of fused-ring (bicyclic) bond motifs is 2. The first-order valence-electron chi connectivity index (χ1n) is 6.19. The molecule has 2 bridgehead atoms. The predicted molar refractivity (Wildman–Crippen MR) is 54.7 cm³/mol. The van der Waals surface area contributed by atoms with Crippen molar-refractivity contribution in [3.8, 4) is 0 Å². The molecule has 13 heavy (non-hydrogen) atoms. The zero-order valence-electron chi connectivity index (χ0n) is 8.54. The summed E-state index contributed by atoms with van der Waals surface area (Å²) in [5, 5.41) is 0. The molecule has 2 atom stereocenters. The van der Waals surface area contributed by atoms with Crippen LogP contribution in [0, 0.1) is 5.92 Å². The molecule has 2 aliphatic carbocycles. The topological polar surface area (TPSA) is 3.24 Å². The van der Waals surface area contributed by atoms with Crippen LogP contribution in [0.25, 0.3) is 0 Å². The largest absolute Gasteiger partial charge is 0.297 e. The van der Waals surface area contributed by atoms with Crippen LogP contribution >= 0.6 is 0 Å². The van der Waals surface area contributed by atoms with Gasteiger partial charge in [0.15, 0.2) is 0 Å². The second-order valence-electron chi connectivity index (χ2n) is 5.32. The minimum absolute atomic E-state index is 0.994. The van der Waals surface area contributed by atoms with Crippen LogP contribution in [0.3, 0.4) is 0 Å². The molecule has 0 spiro atoms. The summed E-state index contributed by atoms with van der Waals surface area (Å²) < 4.78 is 0. The van der Waals surface area contributed by atoms with Crippen molar-refractivity contribution < 1.29 is 0 Å². The maximum atomic E-state index is 2.88. The van der Waals surface area contributed by atoms with Crippen molar-refractivity contribution in [3.05, 3.63) is 0 Å². The zero-order valence-corrected chi connectivity index (χ0v) is 8.54. The van der Waals surface area contributed by atoms with Gasteiger partial charge in [-0.15, -0.1) is 0 Å². The van der Waals surface area contributed by atoms with E-state index in [9.17, 15) is 0 Å². The highest BCUT2D eigenvalue weighted by Gasteiger charge is 2.38. The monoisotopic (exact) mass is 179 g/mol. The van der Waals surface area contributed by atoms with Gasteiger partial charge in [-0.25, -0.2) is 0 Å². The summed E-state index contributed by atoms with van der Waals surface area (Å²) >= 11 is 0. The molecule has 3 fully saturated rings. The van der Waals surface area contributed by atoms with Gasteiger partial charge >= 0.3 is 0 Å². The Morgan fingerprint density at radius 1 is 0.769 bits per heavy atom. The molecule has 1 saturated heterocycles. The quantitative estimate of drug-likeness (QED) is 0.598. The Balaban J connectivity index is 1.70. The lowest BCUT2D eigenvalue weighted by atomic mass is 9.90. The van der Waals surface area contributed by atoms with Crippen LogP contribution in [0.2, 0.25) is 0 Å². The van der Waals surface area contributed by atoms with E-state index in [2.05, 4.69) is 4.90 Å². The van der Waals surface area contributed by atoms with Crippen LogP contribution in [0.4, 0.5) is 0 Å². The second-order valence-corrected chi connectivity index (χ2v) is 5.32. The Hall–Kier alpha value is -0.0400. The Kier molecular flexibility index (Phi) is 2.08. The van der Waals surface area contributed by atoms with Gasteiger partial charge in [0, 0.05) is 18.6 Å². The van der Waals surface area contributed by atoms with Gasteiger partial charge in [-0.2, -0.15) is 0 Å². The maximum absolute atomic E-state index is 2.88. The number of hydrogen-bond acceptors (Lipinski definition) is 1. The highest BCUT2D eigenvalue weighted by Crippen LogP contribution is 2.39. The lowest BCUT2D eigenvalue weighted by Crippen LogP contribution is -2.37. The van der Waals surface area contributed by atoms with Crippen LogP contribution in [0.1, 0.15) is 51.4 Å². The summed E-state index contributed by atoms with van der Waals surface area (Å²) in [5.74, 6) is 1.08. The number of rotatable bonds is 1. The SMILES string of the molecule is C1CCC(N2CC3CCCC2C3)C1. The van der Waals surface area contributed by atoms with Gasteiger partial charge in [0.05, 0.1) is 0 Å². The zero-order chi connectivity index (χ0) is 8.67. The van der Waals surface area contributed by atoms with E-state index in [-0.39, 0.29) is 0 Å². The van der Waals surface area contributed by atoms with Crippen LogP contribution in [0.15, 0.2) is 0 Å².